The van der Waals surface area contributed by atoms with Gasteiger partial charge in [-0.05, 0) is 45.4 Å². The molecule has 2 N–H and O–H groups in total. The van der Waals surface area contributed by atoms with Gasteiger partial charge in [0.25, 0.3) is 0 Å². The first-order chi connectivity index (χ1) is 7.72. The highest BCUT2D eigenvalue weighted by atomic mass is 14.9. The van der Waals surface area contributed by atoms with Crippen LogP contribution >= 0.6 is 0 Å². The molecule has 0 radical (unpaired) electrons. The van der Waals surface area contributed by atoms with E-state index in [4.69, 9.17) is 0 Å². The second kappa shape index (κ2) is 6.21. The molecule has 0 spiro atoms. The van der Waals surface area contributed by atoms with E-state index in [0.717, 1.165) is 13.1 Å². The second-order valence-corrected chi connectivity index (χ2v) is 3.79. The standard InChI is InChI=1S/C14H22N2/c1-5-11(4)13-9-8-12(15-6-2)10-14(13)16-7-3/h5,8-10,15-16H,6-7H2,1-4H3/b11-5-. The quantitative estimate of drug-likeness (QED) is 0.781. The largest absolute Gasteiger partial charge is 0.385 e. The van der Waals surface area contributed by atoms with Crippen molar-refractivity contribution in [1.82, 2.24) is 0 Å². The molecule has 2 nitrogen and oxygen atoms in total. The Labute approximate surface area is 98.8 Å². The third-order valence-electron chi connectivity index (χ3n) is 2.63. The number of allylic oxidation sites excluding steroid dienone is 2. The molecule has 0 saturated heterocycles. The van der Waals surface area contributed by atoms with E-state index in [2.05, 4.69) is 62.6 Å². The van der Waals surface area contributed by atoms with Gasteiger partial charge in [0, 0.05) is 30.0 Å². The minimum atomic E-state index is 0.944. The van der Waals surface area contributed by atoms with E-state index in [1.807, 2.05) is 0 Å². The average Bonchev–Trinajstić information content (AvgIpc) is 2.29. The van der Waals surface area contributed by atoms with Crippen molar-refractivity contribution in [3.8, 4) is 0 Å². The zero-order chi connectivity index (χ0) is 12.0. The predicted octanol–water partition coefficient (Wildman–Crippen LogP) is 3.97. The minimum Gasteiger partial charge on any atom is -0.385 e. The van der Waals surface area contributed by atoms with E-state index in [1.54, 1.807) is 0 Å². The first-order valence-corrected chi connectivity index (χ1v) is 5.98. The molecule has 1 aromatic rings. The lowest BCUT2D eigenvalue weighted by molar-refractivity contribution is 1.19. The van der Waals surface area contributed by atoms with Gasteiger partial charge in [0.1, 0.15) is 0 Å². The third-order valence-corrected chi connectivity index (χ3v) is 2.63. The molecule has 0 bridgehead atoms. The van der Waals surface area contributed by atoms with Crippen molar-refractivity contribution in [3.05, 3.63) is 29.8 Å². The van der Waals surface area contributed by atoms with Crippen LogP contribution in [-0.2, 0) is 0 Å². The fourth-order valence-electron chi connectivity index (χ4n) is 1.69. The highest BCUT2D eigenvalue weighted by Crippen LogP contribution is 2.26. The number of nitrogens with one attached hydrogen (secondary N) is 2. The Balaban J connectivity index is 3.08. The number of hydrogen-bond acceptors (Lipinski definition) is 2. The molecule has 1 rings (SSSR count). The van der Waals surface area contributed by atoms with Crippen LogP contribution in [0.15, 0.2) is 24.3 Å². The third kappa shape index (κ3) is 3.02. The molecule has 0 amide bonds. The van der Waals surface area contributed by atoms with Gasteiger partial charge in [-0.2, -0.15) is 0 Å². The van der Waals surface area contributed by atoms with Gasteiger partial charge in [-0.25, -0.2) is 0 Å². The molecule has 0 aromatic heterocycles. The van der Waals surface area contributed by atoms with Crippen LogP contribution < -0.4 is 10.6 Å². The van der Waals surface area contributed by atoms with Gasteiger partial charge in [-0.1, -0.05) is 12.1 Å². The summed E-state index contributed by atoms with van der Waals surface area (Å²) in [6.45, 7) is 10.3. The normalized spacial score (nSPS) is 11.4. The summed E-state index contributed by atoms with van der Waals surface area (Å²) >= 11 is 0. The molecule has 0 saturated carbocycles. The topological polar surface area (TPSA) is 24.1 Å². The molecule has 88 valence electrons. The van der Waals surface area contributed by atoms with E-state index in [1.165, 1.54) is 22.5 Å². The molecule has 1 aromatic carbocycles. The molecule has 0 aliphatic heterocycles. The van der Waals surface area contributed by atoms with Crippen molar-refractivity contribution >= 4 is 16.9 Å². The Hall–Kier alpha value is -1.44. The monoisotopic (exact) mass is 218 g/mol. The van der Waals surface area contributed by atoms with E-state index < -0.39 is 0 Å². The van der Waals surface area contributed by atoms with Crippen molar-refractivity contribution in [2.24, 2.45) is 0 Å². The Morgan fingerprint density at radius 2 is 1.88 bits per heavy atom. The van der Waals surface area contributed by atoms with Crippen molar-refractivity contribution in [2.75, 3.05) is 23.7 Å². The predicted molar refractivity (Wildman–Crippen MR) is 74.1 cm³/mol. The molecule has 2 heteroatoms. The summed E-state index contributed by atoms with van der Waals surface area (Å²) in [4.78, 5) is 0. The van der Waals surface area contributed by atoms with Gasteiger partial charge >= 0.3 is 0 Å². The summed E-state index contributed by atoms with van der Waals surface area (Å²) in [5.41, 5.74) is 4.97. The Morgan fingerprint density at radius 3 is 2.44 bits per heavy atom. The van der Waals surface area contributed by atoms with Crippen molar-refractivity contribution in [2.45, 2.75) is 27.7 Å². The number of anilines is 2. The summed E-state index contributed by atoms with van der Waals surface area (Å²) in [5.74, 6) is 0. The van der Waals surface area contributed by atoms with Gasteiger partial charge in [-0.3, -0.25) is 0 Å². The van der Waals surface area contributed by atoms with Crippen LogP contribution in [0.25, 0.3) is 5.57 Å². The zero-order valence-corrected chi connectivity index (χ0v) is 10.7. The zero-order valence-electron chi connectivity index (χ0n) is 10.7. The van der Waals surface area contributed by atoms with Gasteiger partial charge in [0.2, 0.25) is 0 Å². The summed E-state index contributed by atoms with van der Waals surface area (Å²) in [6, 6.07) is 6.48. The summed E-state index contributed by atoms with van der Waals surface area (Å²) < 4.78 is 0. The first kappa shape index (κ1) is 12.6. The molecule has 0 unspecified atom stereocenters. The van der Waals surface area contributed by atoms with E-state index >= 15 is 0 Å². The molecule has 0 heterocycles. The van der Waals surface area contributed by atoms with Crippen LogP contribution in [-0.4, -0.2) is 13.1 Å². The van der Waals surface area contributed by atoms with Crippen LogP contribution in [0.2, 0.25) is 0 Å². The van der Waals surface area contributed by atoms with Gasteiger partial charge in [-0.15, -0.1) is 0 Å². The minimum absolute atomic E-state index is 0.944. The fourth-order valence-corrected chi connectivity index (χ4v) is 1.69. The van der Waals surface area contributed by atoms with Crippen molar-refractivity contribution < 1.29 is 0 Å². The van der Waals surface area contributed by atoms with E-state index in [0.29, 0.717) is 0 Å². The van der Waals surface area contributed by atoms with Crippen LogP contribution in [0, 0.1) is 0 Å². The van der Waals surface area contributed by atoms with Crippen LogP contribution in [0.1, 0.15) is 33.3 Å². The number of rotatable bonds is 5. The highest BCUT2D eigenvalue weighted by Gasteiger charge is 2.04. The maximum atomic E-state index is 3.41. The molecular formula is C14H22N2. The Morgan fingerprint density at radius 1 is 1.19 bits per heavy atom. The number of benzene rings is 1. The SMILES string of the molecule is C/C=C(/C)c1ccc(NCC)cc1NCC. The maximum absolute atomic E-state index is 3.41. The second-order valence-electron chi connectivity index (χ2n) is 3.79. The average molecular weight is 218 g/mol. The Bertz CT molecular complexity index is 367. The van der Waals surface area contributed by atoms with E-state index in [-0.39, 0.29) is 0 Å². The van der Waals surface area contributed by atoms with Crippen molar-refractivity contribution in [1.29, 1.82) is 0 Å². The fraction of sp³-hybridized carbons (Fsp3) is 0.429. The van der Waals surface area contributed by atoms with Crippen LogP contribution in [0.3, 0.4) is 0 Å². The molecule has 0 fully saturated rings. The van der Waals surface area contributed by atoms with E-state index in [9.17, 15) is 0 Å². The molecule has 0 aliphatic rings. The lowest BCUT2D eigenvalue weighted by atomic mass is 10.0. The van der Waals surface area contributed by atoms with Gasteiger partial charge < -0.3 is 10.6 Å². The summed E-state index contributed by atoms with van der Waals surface area (Å²) in [5, 5.41) is 6.74. The lowest BCUT2D eigenvalue weighted by Crippen LogP contribution is -2.02. The van der Waals surface area contributed by atoms with Gasteiger partial charge in [0.05, 0.1) is 0 Å². The molecule has 0 aliphatic carbocycles. The summed E-state index contributed by atoms with van der Waals surface area (Å²) in [6.07, 6.45) is 2.14. The molecular weight excluding hydrogens is 196 g/mol. The van der Waals surface area contributed by atoms with Crippen molar-refractivity contribution in [3.63, 3.8) is 0 Å². The maximum Gasteiger partial charge on any atom is 0.0436 e. The molecule has 0 atom stereocenters. The smallest absolute Gasteiger partial charge is 0.0436 e. The van der Waals surface area contributed by atoms with Crippen LogP contribution in [0.5, 0.6) is 0 Å². The van der Waals surface area contributed by atoms with Gasteiger partial charge in [0.15, 0.2) is 0 Å². The number of hydrogen-bond donors (Lipinski definition) is 2. The van der Waals surface area contributed by atoms with Crippen LogP contribution in [0.4, 0.5) is 11.4 Å². The highest BCUT2D eigenvalue weighted by molar-refractivity contribution is 5.77. The summed E-state index contributed by atoms with van der Waals surface area (Å²) in [7, 11) is 0. The lowest BCUT2D eigenvalue weighted by Gasteiger charge is -2.13. The Kier molecular flexibility index (Phi) is 4.90. The molecule has 16 heavy (non-hydrogen) atoms. The first-order valence-electron chi connectivity index (χ1n) is 5.98.